The molecule has 0 spiro atoms. The molecule has 1 aromatic rings. The molecule has 0 aliphatic rings. The molecule has 1 rings (SSSR count). The van der Waals surface area contributed by atoms with Crippen LogP contribution in [0.4, 0.5) is 0 Å². The van der Waals surface area contributed by atoms with Crippen LogP contribution in [0.1, 0.15) is 5.56 Å². The van der Waals surface area contributed by atoms with Gasteiger partial charge in [-0.05, 0) is 17.7 Å². The summed E-state index contributed by atoms with van der Waals surface area (Å²) in [6, 6.07) is 6.66. The molecule has 0 bridgehead atoms. The topological polar surface area (TPSA) is 72.5 Å². The number of hydrogen-bond acceptors (Lipinski definition) is 3. The van der Waals surface area contributed by atoms with Gasteiger partial charge in [0, 0.05) is 6.54 Å². The molecule has 4 nitrogen and oxygen atoms in total. The fourth-order valence-corrected chi connectivity index (χ4v) is 1.04. The van der Waals surface area contributed by atoms with Crippen LogP contribution in [0.25, 0.3) is 0 Å². The summed E-state index contributed by atoms with van der Waals surface area (Å²) in [5, 5.41) is 0. The molecule has 0 saturated heterocycles. The maximum Gasteiger partial charge on any atom is 0.357 e. The molecular formula is C7H9NO3S. The summed E-state index contributed by atoms with van der Waals surface area (Å²) >= 11 is -2.26. The van der Waals surface area contributed by atoms with Gasteiger partial charge in [0.2, 0.25) is 0 Å². The lowest BCUT2D eigenvalue weighted by Gasteiger charge is -2.00. The Balaban J connectivity index is 2.71. The van der Waals surface area contributed by atoms with Gasteiger partial charge in [-0.15, -0.1) is 0 Å². The summed E-state index contributed by atoms with van der Waals surface area (Å²) in [6.45, 7) is 0.447. The van der Waals surface area contributed by atoms with E-state index in [-0.39, 0.29) is 0 Å². The Labute approximate surface area is 72.8 Å². The second kappa shape index (κ2) is 4.20. The molecule has 0 fully saturated rings. The molecule has 3 N–H and O–H groups in total. The molecule has 66 valence electrons. The van der Waals surface area contributed by atoms with E-state index in [9.17, 15) is 4.21 Å². The van der Waals surface area contributed by atoms with Crippen molar-refractivity contribution in [1.29, 1.82) is 0 Å². The SMILES string of the molecule is NCc1ccc(OS(=O)O)cc1. The van der Waals surface area contributed by atoms with Crippen molar-refractivity contribution >= 4 is 11.4 Å². The van der Waals surface area contributed by atoms with E-state index in [1.165, 1.54) is 0 Å². The van der Waals surface area contributed by atoms with Gasteiger partial charge in [0.05, 0.1) is 0 Å². The maximum atomic E-state index is 10.2. The van der Waals surface area contributed by atoms with E-state index in [0.29, 0.717) is 12.3 Å². The summed E-state index contributed by atoms with van der Waals surface area (Å²) in [6.07, 6.45) is 0. The normalized spacial score (nSPS) is 12.5. The standard InChI is InChI=1S/C7H9NO3S/c8-5-6-1-3-7(4-2-6)11-12(9)10/h1-4H,5,8H2,(H,9,10). The summed E-state index contributed by atoms with van der Waals surface area (Å²) in [5.74, 6) is 0.355. The predicted molar refractivity (Wildman–Crippen MR) is 45.7 cm³/mol. The molecule has 0 heterocycles. The van der Waals surface area contributed by atoms with Crippen molar-refractivity contribution in [2.24, 2.45) is 5.73 Å². The molecule has 0 amide bonds. The average molecular weight is 187 g/mol. The van der Waals surface area contributed by atoms with Crippen molar-refractivity contribution in [3.05, 3.63) is 29.8 Å². The molecular weight excluding hydrogens is 178 g/mol. The van der Waals surface area contributed by atoms with Crippen LogP contribution >= 0.6 is 0 Å². The minimum absolute atomic E-state index is 0.355. The smallest absolute Gasteiger partial charge is 0.357 e. The van der Waals surface area contributed by atoms with Crippen molar-refractivity contribution < 1.29 is 12.9 Å². The van der Waals surface area contributed by atoms with Crippen molar-refractivity contribution in [1.82, 2.24) is 0 Å². The Bertz CT molecular complexity index is 272. The number of rotatable bonds is 3. The van der Waals surface area contributed by atoms with Crippen LogP contribution in [-0.2, 0) is 17.9 Å². The van der Waals surface area contributed by atoms with Gasteiger partial charge in [-0.25, -0.2) is 0 Å². The van der Waals surface area contributed by atoms with Gasteiger partial charge >= 0.3 is 11.4 Å². The molecule has 1 unspecified atom stereocenters. The van der Waals surface area contributed by atoms with Crippen LogP contribution in [0.5, 0.6) is 5.75 Å². The lowest BCUT2D eigenvalue weighted by atomic mass is 10.2. The largest absolute Gasteiger partial charge is 0.380 e. The van der Waals surface area contributed by atoms with E-state index in [2.05, 4.69) is 4.18 Å². The highest BCUT2D eigenvalue weighted by molar-refractivity contribution is 7.74. The number of nitrogens with two attached hydrogens (primary N) is 1. The molecule has 0 saturated carbocycles. The van der Waals surface area contributed by atoms with Crippen LogP contribution in [0, 0.1) is 0 Å². The summed E-state index contributed by atoms with van der Waals surface area (Å²) in [7, 11) is 0. The molecule has 0 aromatic heterocycles. The lowest BCUT2D eigenvalue weighted by Crippen LogP contribution is -1.99. The summed E-state index contributed by atoms with van der Waals surface area (Å²) in [5.41, 5.74) is 6.30. The highest BCUT2D eigenvalue weighted by Gasteiger charge is 1.96. The maximum absolute atomic E-state index is 10.2. The van der Waals surface area contributed by atoms with Gasteiger partial charge in [0.25, 0.3) is 0 Å². The zero-order valence-electron chi connectivity index (χ0n) is 6.27. The first-order valence-electron chi connectivity index (χ1n) is 3.30. The number of benzene rings is 1. The van der Waals surface area contributed by atoms with Gasteiger partial charge in [-0.3, -0.25) is 4.55 Å². The Morgan fingerprint density at radius 1 is 1.42 bits per heavy atom. The third-order valence-corrected chi connectivity index (χ3v) is 1.66. The highest BCUT2D eigenvalue weighted by atomic mass is 32.2. The monoisotopic (exact) mass is 187 g/mol. The van der Waals surface area contributed by atoms with E-state index >= 15 is 0 Å². The zero-order valence-corrected chi connectivity index (χ0v) is 7.08. The molecule has 0 radical (unpaired) electrons. The molecule has 1 aromatic carbocycles. The van der Waals surface area contributed by atoms with Crippen LogP contribution in [0.3, 0.4) is 0 Å². The third-order valence-electron chi connectivity index (χ3n) is 1.33. The van der Waals surface area contributed by atoms with E-state index in [4.69, 9.17) is 10.3 Å². The Kier molecular flexibility index (Phi) is 3.21. The Morgan fingerprint density at radius 2 is 2.00 bits per heavy atom. The molecule has 1 atom stereocenters. The molecule has 0 aliphatic carbocycles. The zero-order chi connectivity index (χ0) is 8.97. The minimum Gasteiger partial charge on any atom is -0.380 e. The van der Waals surface area contributed by atoms with Crippen LogP contribution in [-0.4, -0.2) is 8.76 Å². The molecule has 5 heteroatoms. The van der Waals surface area contributed by atoms with E-state index in [1.807, 2.05) is 0 Å². The summed E-state index contributed by atoms with van der Waals surface area (Å²) in [4.78, 5) is 0. The van der Waals surface area contributed by atoms with Crippen LogP contribution in [0.15, 0.2) is 24.3 Å². The minimum atomic E-state index is -2.26. The van der Waals surface area contributed by atoms with Crippen molar-refractivity contribution in [2.45, 2.75) is 6.54 Å². The summed E-state index contributed by atoms with van der Waals surface area (Å²) < 4.78 is 23.0. The van der Waals surface area contributed by atoms with E-state index < -0.39 is 11.4 Å². The van der Waals surface area contributed by atoms with Crippen molar-refractivity contribution in [2.75, 3.05) is 0 Å². The van der Waals surface area contributed by atoms with Gasteiger partial charge in [0.1, 0.15) is 5.75 Å². The highest BCUT2D eigenvalue weighted by Crippen LogP contribution is 2.12. The second-order valence-corrected chi connectivity index (χ2v) is 2.75. The quantitative estimate of drug-likeness (QED) is 0.682. The third kappa shape index (κ3) is 2.61. The van der Waals surface area contributed by atoms with Crippen molar-refractivity contribution in [3.8, 4) is 5.75 Å². The lowest BCUT2D eigenvalue weighted by molar-refractivity contribution is 0.458. The fourth-order valence-electron chi connectivity index (χ4n) is 0.763. The first-order chi connectivity index (χ1) is 5.72. The van der Waals surface area contributed by atoms with Gasteiger partial charge in [0.15, 0.2) is 0 Å². The second-order valence-electron chi connectivity index (χ2n) is 2.15. The first-order valence-corrected chi connectivity index (χ1v) is 4.34. The van der Waals surface area contributed by atoms with Gasteiger partial charge in [-0.2, -0.15) is 4.21 Å². The van der Waals surface area contributed by atoms with Crippen molar-refractivity contribution in [3.63, 3.8) is 0 Å². The van der Waals surface area contributed by atoms with Gasteiger partial charge in [-0.1, -0.05) is 12.1 Å². The van der Waals surface area contributed by atoms with Crippen LogP contribution in [0.2, 0.25) is 0 Å². The predicted octanol–water partition coefficient (Wildman–Crippen LogP) is 0.661. The Hall–Kier alpha value is -0.910. The van der Waals surface area contributed by atoms with E-state index in [0.717, 1.165) is 5.56 Å². The molecule has 12 heavy (non-hydrogen) atoms. The first kappa shape index (κ1) is 9.18. The fraction of sp³-hybridized carbons (Fsp3) is 0.143. The Morgan fingerprint density at radius 3 is 2.42 bits per heavy atom. The molecule has 0 aliphatic heterocycles. The van der Waals surface area contributed by atoms with Crippen LogP contribution < -0.4 is 9.92 Å². The van der Waals surface area contributed by atoms with E-state index in [1.54, 1.807) is 24.3 Å². The average Bonchev–Trinajstić information content (AvgIpc) is 2.05. The number of hydrogen-bond donors (Lipinski definition) is 2. The van der Waals surface area contributed by atoms with Gasteiger partial charge < -0.3 is 9.92 Å².